The lowest BCUT2D eigenvalue weighted by atomic mass is 9.87. The summed E-state index contributed by atoms with van der Waals surface area (Å²) in [4.78, 5) is 44.1. The normalized spacial score (nSPS) is 19.1. The van der Waals surface area contributed by atoms with Gasteiger partial charge in [-0.3, -0.25) is 19.6 Å². The fraction of sp³-hybridized carbons (Fsp3) is 0.516. The zero-order chi connectivity index (χ0) is 30.4. The molecular formula is C31H44N6O4. The number of nitrogens with zero attached hydrogens (tertiary/aromatic N) is 5. The van der Waals surface area contributed by atoms with Gasteiger partial charge >= 0.3 is 0 Å². The minimum atomic E-state index is -0.898. The van der Waals surface area contributed by atoms with Gasteiger partial charge in [0, 0.05) is 30.1 Å². The van der Waals surface area contributed by atoms with E-state index in [-0.39, 0.29) is 18.4 Å². The third-order valence-electron chi connectivity index (χ3n) is 6.99. The first-order valence-electron chi connectivity index (χ1n) is 14.0. The number of hydrogen-bond acceptors (Lipinski definition) is 9. The van der Waals surface area contributed by atoms with Crippen LogP contribution in [0.15, 0.2) is 48.8 Å². The predicted molar refractivity (Wildman–Crippen MR) is 159 cm³/mol. The van der Waals surface area contributed by atoms with Crippen LogP contribution in [0.25, 0.3) is 0 Å². The Morgan fingerprint density at radius 3 is 2.29 bits per heavy atom. The highest BCUT2D eigenvalue weighted by atomic mass is 16.3. The van der Waals surface area contributed by atoms with Crippen LogP contribution in [0.1, 0.15) is 57.2 Å². The third kappa shape index (κ3) is 10.0. The molecule has 2 saturated heterocycles. The first-order chi connectivity index (χ1) is 19.6. The molecule has 0 saturated carbocycles. The van der Waals surface area contributed by atoms with Crippen molar-refractivity contribution in [1.29, 1.82) is 5.26 Å². The van der Waals surface area contributed by atoms with Crippen molar-refractivity contribution in [3.8, 4) is 6.19 Å². The number of carbonyl (C=O) groups is 3. The number of benzene rings is 1. The van der Waals surface area contributed by atoms with E-state index in [1.54, 1.807) is 31.6 Å². The average molecular weight is 565 g/mol. The lowest BCUT2D eigenvalue weighted by Gasteiger charge is -2.32. The Bertz CT molecular complexity index is 1120. The molecule has 2 aliphatic rings. The van der Waals surface area contributed by atoms with E-state index >= 15 is 0 Å². The Morgan fingerprint density at radius 2 is 1.88 bits per heavy atom. The first-order valence-corrected chi connectivity index (χ1v) is 14.0. The molecule has 41 heavy (non-hydrogen) atoms. The van der Waals surface area contributed by atoms with E-state index < -0.39 is 24.1 Å². The van der Waals surface area contributed by atoms with Crippen LogP contribution in [0.4, 0.5) is 5.69 Å². The third-order valence-corrected chi connectivity index (χ3v) is 6.99. The van der Waals surface area contributed by atoms with Gasteiger partial charge in [-0.25, -0.2) is 0 Å². The summed E-state index contributed by atoms with van der Waals surface area (Å²) in [7, 11) is 3.90. The number of β-amino-alcohol motifs (C(OH)–C–C–N with tert-alkyl or cyclic N) is 1. The second kappa shape index (κ2) is 16.6. The maximum Gasteiger partial charge on any atom is 0.251 e. The van der Waals surface area contributed by atoms with Crippen LogP contribution in [0.3, 0.4) is 0 Å². The van der Waals surface area contributed by atoms with E-state index in [2.05, 4.69) is 43.0 Å². The van der Waals surface area contributed by atoms with E-state index in [0.717, 1.165) is 11.8 Å². The number of hydrogen-bond donors (Lipinski definition) is 2. The van der Waals surface area contributed by atoms with Crippen molar-refractivity contribution in [1.82, 2.24) is 20.1 Å². The molecule has 222 valence electrons. The lowest BCUT2D eigenvalue weighted by molar-refractivity contribution is -0.124. The summed E-state index contributed by atoms with van der Waals surface area (Å²) in [6.07, 6.45) is 8.85. The number of aliphatic hydroxyl groups is 1. The highest BCUT2D eigenvalue weighted by molar-refractivity contribution is 6.01. The summed E-state index contributed by atoms with van der Waals surface area (Å²) in [6.45, 7) is 9.49. The number of anilines is 1. The molecule has 1 amide bonds. The largest absolute Gasteiger partial charge is 0.391 e. The van der Waals surface area contributed by atoms with Crippen molar-refractivity contribution in [3.63, 3.8) is 0 Å². The molecule has 1 aromatic heterocycles. The molecular weight excluding hydrogens is 520 g/mol. The molecule has 10 heteroatoms. The summed E-state index contributed by atoms with van der Waals surface area (Å²) in [5.41, 5.74) is 2.15. The Labute approximate surface area is 244 Å². The predicted octanol–water partition coefficient (Wildman–Crippen LogP) is 2.69. The molecule has 3 atom stereocenters. The molecule has 2 N–H and O–H groups in total. The minimum absolute atomic E-state index is 0.0616. The van der Waals surface area contributed by atoms with Gasteiger partial charge in [-0.05, 0) is 69.2 Å². The highest BCUT2D eigenvalue weighted by Crippen LogP contribution is 2.32. The van der Waals surface area contributed by atoms with E-state index in [1.807, 2.05) is 30.5 Å². The van der Waals surface area contributed by atoms with Crippen molar-refractivity contribution < 1.29 is 19.5 Å². The quantitative estimate of drug-likeness (QED) is 0.385. The summed E-state index contributed by atoms with van der Waals surface area (Å²) in [5, 5.41) is 22.1. The van der Waals surface area contributed by atoms with Gasteiger partial charge in [0.15, 0.2) is 6.19 Å². The van der Waals surface area contributed by atoms with E-state index in [4.69, 9.17) is 0 Å². The SMILES string of the molecule is CC(C)(C)c1ccc(N(C(=O)C2CC(O)CN2C#N)C(C=O)c2cccnc2)cc1.CN1CCCC1.CNCC=O. The second-order valence-electron chi connectivity index (χ2n) is 11.3. The molecule has 0 bridgehead atoms. The van der Waals surface area contributed by atoms with Crippen LogP contribution in [0.2, 0.25) is 0 Å². The summed E-state index contributed by atoms with van der Waals surface area (Å²) < 4.78 is 0. The number of rotatable bonds is 7. The Balaban J connectivity index is 0.000000447. The number of nitriles is 1. The summed E-state index contributed by atoms with van der Waals surface area (Å²) in [6, 6.07) is 9.22. The maximum absolute atomic E-state index is 13.6. The molecule has 1 aromatic carbocycles. The molecule has 10 nitrogen and oxygen atoms in total. The number of likely N-dealkylation sites (N-methyl/N-ethyl adjacent to an activating group) is 1. The van der Waals surface area contributed by atoms with Gasteiger partial charge in [-0.1, -0.05) is 39.0 Å². The number of pyridine rings is 1. The van der Waals surface area contributed by atoms with E-state index in [0.29, 0.717) is 24.1 Å². The van der Waals surface area contributed by atoms with Crippen molar-refractivity contribution in [2.75, 3.05) is 45.2 Å². The molecule has 3 heterocycles. The van der Waals surface area contributed by atoms with Crippen molar-refractivity contribution in [2.45, 2.75) is 63.6 Å². The fourth-order valence-electron chi connectivity index (χ4n) is 4.66. The molecule has 2 fully saturated rings. The van der Waals surface area contributed by atoms with E-state index in [1.165, 1.54) is 35.7 Å². The number of aldehydes is 2. The number of amides is 1. The van der Waals surface area contributed by atoms with Gasteiger partial charge in [0.05, 0.1) is 19.2 Å². The van der Waals surface area contributed by atoms with Crippen molar-refractivity contribution in [3.05, 3.63) is 59.9 Å². The average Bonchev–Trinajstić information content (AvgIpc) is 3.60. The lowest BCUT2D eigenvalue weighted by Crippen LogP contribution is -2.46. The summed E-state index contributed by atoms with van der Waals surface area (Å²) >= 11 is 0. The summed E-state index contributed by atoms with van der Waals surface area (Å²) in [5.74, 6) is -0.405. The Kier molecular flexibility index (Phi) is 13.6. The number of aliphatic hydroxyl groups excluding tert-OH is 1. The standard InChI is InChI=1S/C23H26N4O3.C5H11N.C3H7NO/c1-23(2,3)17-6-8-18(9-7-17)27(21(14-28)16-5-4-10-25-12-16)22(30)20-11-19(29)13-26(20)15-24;1-6-4-2-3-5-6;1-4-2-3-5/h4-10,12,14,19-21,29H,11,13H2,1-3H3;2-5H2,1H3;3-4H,2H2,1H3. The zero-order valence-electron chi connectivity index (χ0n) is 24.9. The number of aromatic nitrogens is 1. The second-order valence-corrected chi connectivity index (χ2v) is 11.3. The van der Waals surface area contributed by atoms with Crippen LogP contribution in [-0.2, 0) is 19.8 Å². The smallest absolute Gasteiger partial charge is 0.251 e. The van der Waals surface area contributed by atoms with Crippen LogP contribution in [0, 0.1) is 11.5 Å². The fourth-order valence-corrected chi connectivity index (χ4v) is 4.66. The topological polar surface area (TPSA) is 130 Å². The van der Waals surface area contributed by atoms with Crippen molar-refractivity contribution >= 4 is 24.2 Å². The number of likely N-dealkylation sites (tertiary alicyclic amines) is 2. The zero-order valence-corrected chi connectivity index (χ0v) is 24.9. The van der Waals surface area contributed by atoms with Gasteiger partial charge in [0.2, 0.25) is 0 Å². The molecule has 0 spiro atoms. The van der Waals surface area contributed by atoms with Crippen LogP contribution in [0.5, 0.6) is 0 Å². The Hall–Kier alpha value is -3.65. The Morgan fingerprint density at radius 1 is 1.22 bits per heavy atom. The van der Waals surface area contributed by atoms with Gasteiger partial charge in [0.1, 0.15) is 24.7 Å². The highest BCUT2D eigenvalue weighted by Gasteiger charge is 2.40. The minimum Gasteiger partial charge on any atom is -0.391 e. The molecule has 2 aromatic rings. The maximum atomic E-state index is 13.6. The molecule has 0 aliphatic carbocycles. The monoisotopic (exact) mass is 564 g/mol. The number of carbonyl (C=O) groups excluding carboxylic acids is 3. The van der Waals surface area contributed by atoms with Crippen molar-refractivity contribution in [2.24, 2.45) is 0 Å². The van der Waals surface area contributed by atoms with Gasteiger partial charge in [0.25, 0.3) is 5.91 Å². The first kappa shape index (κ1) is 33.6. The van der Waals surface area contributed by atoms with Gasteiger partial charge < -0.3 is 24.9 Å². The van der Waals surface area contributed by atoms with E-state index in [9.17, 15) is 24.8 Å². The molecule has 0 radical (unpaired) electrons. The van der Waals surface area contributed by atoms with Crippen LogP contribution < -0.4 is 10.2 Å². The van der Waals surface area contributed by atoms with Gasteiger partial charge in [-0.2, -0.15) is 5.26 Å². The van der Waals surface area contributed by atoms with Crippen LogP contribution in [-0.4, -0.2) is 90.8 Å². The van der Waals surface area contributed by atoms with Gasteiger partial charge in [-0.15, -0.1) is 0 Å². The molecule has 4 rings (SSSR count). The van der Waals surface area contributed by atoms with Crippen LogP contribution >= 0.6 is 0 Å². The molecule has 2 aliphatic heterocycles. The molecule has 3 unspecified atom stereocenters. The number of nitrogens with one attached hydrogen (secondary N) is 1.